The molecule has 2 aromatic carbocycles. The van der Waals surface area contributed by atoms with Crippen LogP contribution in [0.2, 0.25) is 0 Å². The summed E-state index contributed by atoms with van der Waals surface area (Å²) in [6, 6.07) is 17.0. The molecule has 0 spiro atoms. The number of carbonyl (C=O) groups excluding carboxylic acids is 1. The Kier molecular flexibility index (Phi) is 6.13. The van der Waals surface area contributed by atoms with Gasteiger partial charge in [-0.2, -0.15) is 5.10 Å². The van der Waals surface area contributed by atoms with E-state index in [4.69, 9.17) is 21.0 Å². The highest BCUT2D eigenvalue weighted by Crippen LogP contribution is 2.41. The number of fused-ring (bicyclic) bond motifs is 2. The Morgan fingerprint density at radius 3 is 2.71 bits per heavy atom. The Morgan fingerprint density at radius 1 is 1.10 bits per heavy atom. The molecule has 2 atom stereocenters. The van der Waals surface area contributed by atoms with Crippen molar-refractivity contribution in [2.75, 3.05) is 24.5 Å². The molecule has 0 bridgehead atoms. The van der Waals surface area contributed by atoms with Gasteiger partial charge in [0.1, 0.15) is 17.3 Å². The van der Waals surface area contributed by atoms with Crippen LogP contribution in [0.15, 0.2) is 59.8 Å². The summed E-state index contributed by atoms with van der Waals surface area (Å²) in [7, 11) is 0. The second kappa shape index (κ2) is 9.87. The number of carbonyl (C=O) groups is 1. The highest BCUT2D eigenvalue weighted by molar-refractivity contribution is 5.93. The van der Waals surface area contributed by atoms with Gasteiger partial charge in [-0.25, -0.2) is 13.9 Å². The van der Waals surface area contributed by atoms with Crippen LogP contribution in [0.25, 0.3) is 16.9 Å². The van der Waals surface area contributed by atoms with Crippen molar-refractivity contribution in [1.29, 1.82) is 0 Å². The van der Waals surface area contributed by atoms with Crippen LogP contribution >= 0.6 is 0 Å². The molecule has 4 heterocycles. The average Bonchev–Trinajstić information content (AvgIpc) is 3.55. The third kappa shape index (κ3) is 4.47. The normalized spacial score (nSPS) is 21.0. The molecular weight excluding hydrogens is 521 g/mol. The van der Waals surface area contributed by atoms with Gasteiger partial charge < -0.3 is 20.7 Å². The highest BCUT2D eigenvalue weighted by atomic mass is 19.1. The van der Waals surface area contributed by atoms with Gasteiger partial charge in [0, 0.05) is 54.5 Å². The van der Waals surface area contributed by atoms with Crippen LogP contribution in [-0.2, 0) is 6.42 Å². The number of oxime groups is 1. The van der Waals surface area contributed by atoms with Crippen molar-refractivity contribution in [2.45, 2.75) is 44.6 Å². The lowest BCUT2D eigenvalue weighted by molar-refractivity contribution is 0.0671. The molecule has 9 nitrogen and oxygen atoms in total. The van der Waals surface area contributed by atoms with Crippen LogP contribution in [-0.4, -0.2) is 56.1 Å². The van der Waals surface area contributed by atoms with E-state index in [0.29, 0.717) is 48.2 Å². The van der Waals surface area contributed by atoms with Crippen LogP contribution in [0.4, 0.5) is 10.1 Å². The molecule has 2 aromatic heterocycles. The number of anilines is 1. The van der Waals surface area contributed by atoms with E-state index < -0.39 is 0 Å². The van der Waals surface area contributed by atoms with E-state index in [0.717, 1.165) is 37.1 Å². The Balaban J connectivity index is 1.19. The Labute approximate surface area is 237 Å². The molecule has 1 amide bonds. The number of amides is 1. The van der Waals surface area contributed by atoms with Crippen molar-refractivity contribution < 1.29 is 14.4 Å². The predicted molar refractivity (Wildman–Crippen MR) is 154 cm³/mol. The number of hydrogen-bond acceptors (Lipinski definition) is 6. The summed E-state index contributed by atoms with van der Waals surface area (Å²) in [5.74, 6) is -0.0309. The second-order valence-corrected chi connectivity index (χ2v) is 11.4. The van der Waals surface area contributed by atoms with Gasteiger partial charge in [0.25, 0.3) is 5.91 Å². The summed E-state index contributed by atoms with van der Waals surface area (Å²) in [5, 5.41) is 16.9. The maximum atomic E-state index is 15.5. The first kappa shape index (κ1) is 25.5. The Hall–Kier alpha value is -4.47. The molecule has 41 heavy (non-hydrogen) atoms. The fourth-order valence-corrected chi connectivity index (χ4v) is 6.33. The molecule has 210 valence electrons. The number of hydrogen-bond donors (Lipinski definition) is 2. The fourth-order valence-electron chi connectivity index (χ4n) is 6.33. The number of aromatic nitrogens is 3. The summed E-state index contributed by atoms with van der Waals surface area (Å²) >= 11 is 0. The fraction of sp³-hybridized carbons (Fsp3) is 0.355. The first-order valence-electron chi connectivity index (χ1n) is 14.2. The van der Waals surface area contributed by atoms with Gasteiger partial charge in [0.05, 0.1) is 11.7 Å². The minimum absolute atomic E-state index is 0.0406. The van der Waals surface area contributed by atoms with Gasteiger partial charge in [-0.1, -0.05) is 29.4 Å². The monoisotopic (exact) mass is 553 g/mol. The standard InChI is InChI=1S/C31H32FN7O2/c1-18-23-5-3-2-4-19(23)11-13-38(18)31(40)27-15-28(20-6-7-20)39-29(34-27)16-26(35-39)24-9-8-22(14-25(24)32)37-12-10-21(17-37)30(33)36-41/h2-5,8-9,14-16,18,20-21,41H,6-7,10-13,17H2,1H3,(H2,33,36)/t18-,21+/m1/s1. The van der Waals surface area contributed by atoms with E-state index in [2.05, 4.69) is 24.2 Å². The SMILES string of the molecule is C[C@@H]1c2ccccc2CCN1C(=O)c1cc(C2CC2)n2nc(-c3ccc(N4CC[C@H](/C(N)=N/O)C4)cc3F)cc2n1. The molecular formula is C31H32FN7O2. The molecule has 3 aliphatic rings. The van der Waals surface area contributed by atoms with Crippen LogP contribution in [0.1, 0.15) is 65.5 Å². The third-order valence-corrected chi connectivity index (χ3v) is 8.84. The lowest BCUT2D eigenvalue weighted by Crippen LogP contribution is -2.39. The predicted octanol–water partition coefficient (Wildman–Crippen LogP) is 4.75. The van der Waals surface area contributed by atoms with E-state index in [1.165, 1.54) is 17.2 Å². The largest absolute Gasteiger partial charge is 0.409 e. The van der Waals surface area contributed by atoms with Crippen LogP contribution < -0.4 is 10.6 Å². The lowest BCUT2D eigenvalue weighted by Gasteiger charge is -2.35. The minimum Gasteiger partial charge on any atom is -0.409 e. The van der Waals surface area contributed by atoms with Gasteiger partial charge >= 0.3 is 0 Å². The van der Waals surface area contributed by atoms with Crippen molar-refractivity contribution in [3.05, 3.63) is 82.9 Å². The summed E-state index contributed by atoms with van der Waals surface area (Å²) in [6.45, 7) is 3.97. The van der Waals surface area contributed by atoms with E-state index in [1.54, 1.807) is 16.6 Å². The smallest absolute Gasteiger partial charge is 0.273 e. The molecule has 0 unspecified atom stereocenters. The number of halogens is 1. The number of rotatable bonds is 5. The molecule has 1 saturated heterocycles. The van der Waals surface area contributed by atoms with Gasteiger partial charge in [-0.15, -0.1) is 0 Å². The van der Waals surface area contributed by atoms with Gasteiger partial charge in [0.15, 0.2) is 5.65 Å². The summed E-state index contributed by atoms with van der Waals surface area (Å²) in [6.07, 6.45) is 3.61. The van der Waals surface area contributed by atoms with Gasteiger partial charge in [-0.3, -0.25) is 4.79 Å². The molecule has 2 fully saturated rings. The number of amidine groups is 1. The second-order valence-electron chi connectivity index (χ2n) is 11.4. The summed E-state index contributed by atoms with van der Waals surface area (Å²) in [4.78, 5) is 22.4. The average molecular weight is 554 g/mol. The van der Waals surface area contributed by atoms with Crippen LogP contribution in [0.3, 0.4) is 0 Å². The zero-order valence-electron chi connectivity index (χ0n) is 22.9. The molecule has 2 aliphatic heterocycles. The topological polar surface area (TPSA) is 112 Å². The number of nitrogens with two attached hydrogens (primary N) is 1. The van der Waals surface area contributed by atoms with E-state index in [1.807, 2.05) is 34.1 Å². The zero-order chi connectivity index (χ0) is 28.2. The molecule has 1 aliphatic carbocycles. The maximum absolute atomic E-state index is 15.5. The van der Waals surface area contributed by atoms with Crippen LogP contribution in [0.5, 0.6) is 0 Å². The Bertz CT molecular complexity index is 1700. The molecule has 1 saturated carbocycles. The Morgan fingerprint density at radius 2 is 1.93 bits per heavy atom. The number of nitrogens with zero attached hydrogens (tertiary/aromatic N) is 6. The summed E-state index contributed by atoms with van der Waals surface area (Å²) < 4.78 is 17.3. The first-order chi connectivity index (χ1) is 19.9. The van der Waals surface area contributed by atoms with E-state index in [-0.39, 0.29) is 29.5 Å². The molecule has 4 aromatic rings. The zero-order valence-corrected chi connectivity index (χ0v) is 22.9. The molecule has 0 radical (unpaired) electrons. The van der Waals surface area contributed by atoms with Crippen molar-refractivity contribution >= 4 is 23.1 Å². The molecule has 7 rings (SSSR count). The van der Waals surface area contributed by atoms with E-state index >= 15 is 4.39 Å². The maximum Gasteiger partial charge on any atom is 0.273 e. The van der Waals surface area contributed by atoms with Crippen molar-refractivity contribution in [3.8, 4) is 11.3 Å². The lowest BCUT2D eigenvalue weighted by atomic mass is 9.93. The van der Waals surface area contributed by atoms with Crippen molar-refractivity contribution in [3.63, 3.8) is 0 Å². The quantitative estimate of drug-likeness (QED) is 0.160. The van der Waals surface area contributed by atoms with E-state index in [9.17, 15) is 4.79 Å². The minimum atomic E-state index is -0.386. The van der Waals surface area contributed by atoms with Gasteiger partial charge in [-0.05, 0) is 68.0 Å². The highest BCUT2D eigenvalue weighted by Gasteiger charge is 2.33. The first-order valence-corrected chi connectivity index (χ1v) is 14.2. The van der Waals surface area contributed by atoms with Crippen molar-refractivity contribution in [2.24, 2.45) is 16.8 Å². The number of benzene rings is 2. The molecule has 10 heteroatoms. The third-order valence-electron chi connectivity index (χ3n) is 8.84. The van der Waals surface area contributed by atoms with Crippen LogP contribution in [0, 0.1) is 11.7 Å². The summed E-state index contributed by atoms with van der Waals surface area (Å²) in [5.41, 5.74) is 11.7. The van der Waals surface area contributed by atoms with Gasteiger partial charge in [0.2, 0.25) is 0 Å². The molecule has 3 N–H and O–H groups in total. The van der Waals surface area contributed by atoms with Crippen molar-refractivity contribution in [1.82, 2.24) is 19.5 Å².